The third-order valence-corrected chi connectivity index (χ3v) is 6.07. The van der Waals surface area contributed by atoms with Gasteiger partial charge in [0.25, 0.3) is 11.8 Å². The molecule has 2 aliphatic rings. The van der Waals surface area contributed by atoms with Gasteiger partial charge in [-0.1, -0.05) is 59.6 Å². The number of urea groups is 1. The van der Waals surface area contributed by atoms with Crippen molar-refractivity contribution in [3.8, 4) is 0 Å². The first-order valence-corrected chi connectivity index (χ1v) is 10.3. The van der Waals surface area contributed by atoms with Crippen LogP contribution in [-0.2, 0) is 19.9 Å². The van der Waals surface area contributed by atoms with Crippen molar-refractivity contribution < 1.29 is 19.1 Å². The van der Waals surface area contributed by atoms with Crippen LogP contribution in [0.2, 0.25) is 10.0 Å². The number of carbonyl (C=O) groups is 3. The Kier molecular flexibility index (Phi) is 5.75. The van der Waals surface area contributed by atoms with E-state index in [0.29, 0.717) is 21.3 Å². The number of carbonyl (C=O) groups excluding carboxylic acids is 3. The first-order valence-electron chi connectivity index (χ1n) is 9.56. The van der Waals surface area contributed by atoms with Crippen LogP contribution in [0.1, 0.15) is 11.1 Å². The Bertz CT molecular complexity index is 1100. The summed E-state index contributed by atoms with van der Waals surface area (Å²) in [7, 11) is 1.48. The van der Waals surface area contributed by atoms with Crippen LogP contribution in [0.25, 0.3) is 6.08 Å². The minimum atomic E-state index is -1.75. The number of halogens is 2. The second-order valence-corrected chi connectivity index (χ2v) is 7.95. The minimum absolute atomic E-state index is 0.0651. The molecular formula is C22H19Cl2N3O4. The Morgan fingerprint density at radius 2 is 1.77 bits per heavy atom. The fraction of sp³-hybridized carbons (Fsp3) is 0.227. The van der Waals surface area contributed by atoms with Gasteiger partial charge in [-0.3, -0.25) is 14.5 Å². The van der Waals surface area contributed by atoms with Crippen molar-refractivity contribution >= 4 is 52.8 Å². The van der Waals surface area contributed by atoms with E-state index in [1.807, 2.05) is 6.08 Å². The van der Waals surface area contributed by atoms with Crippen molar-refractivity contribution in [1.82, 2.24) is 10.2 Å². The number of methoxy groups -OCH3 is 1. The molecule has 9 heteroatoms. The van der Waals surface area contributed by atoms with E-state index in [0.717, 1.165) is 10.5 Å². The molecule has 2 aromatic carbocycles. The number of nitrogens with one attached hydrogen (secondary N) is 1. The van der Waals surface area contributed by atoms with Crippen LogP contribution in [0.15, 0.2) is 48.5 Å². The molecule has 2 aromatic rings. The smallest absolute Gasteiger partial charge is 0.325 e. The highest BCUT2D eigenvalue weighted by atomic mass is 35.5. The topological polar surface area (TPSA) is 79.0 Å². The maximum atomic E-state index is 13.5. The molecule has 1 saturated heterocycles. The van der Waals surface area contributed by atoms with E-state index in [4.69, 9.17) is 27.9 Å². The molecule has 4 amide bonds. The average molecular weight is 460 g/mol. The van der Waals surface area contributed by atoms with Gasteiger partial charge in [-0.05, 0) is 23.8 Å². The summed E-state index contributed by atoms with van der Waals surface area (Å²) in [6.45, 7) is 0.454. The third-order valence-electron chi connectivity index (χ3n) is 5.33. The fourth-order valence-electron chi connectivity index (χ4n) is 3.83. The van der Waals surface area contributed by atoms with Gasteiger partial charge in [0.05, 0.1) is 28.9 Å². The molecule has 0 bridgehead atoms. The number of hydrogen-bond acceptors (Lipinski definition) is 4. The van der Waals surface area contributed by atoms with E-state index in [2.05, 4.69) is 5.32 Å². The van der Waals surface area contributed by atoms with Crippen molar-refractivity contribution in [3.05, 3.63) is 69.7 Å². The van der Waals surface area contributed by atoms with E-state index >= 15 is 0 Å². The Balaban J connectivity index is 1.64. The van der Waals surface area contributed by atoms with Gasteiger partial charge in [-0.15, -0.1) is 0 Å². The standard InChI is InChI=1S/C22H19Cl2N3O4/c1-31-12-11-27-20(29)22(25-21(27)30)15-6-2-3-7-18(15)26(19(22)28)10-4-5-14-8-9-16(23)17(24)13-14/h2-9,13H,10-12H2,1H3,(H,25,30). The molecular weight excluding hydrogens is 441 g/mol. The molecule has 31 heavy (non-hydrogen) atoms. The predicted octanol–water partition coefficient (Wildman–Crippen LogP) is 3.45. The van der Waals surface area contributed by atoms with Crippen LogP contribution in [0.5, 0.6) is 0 Å². The highest BCUT2D eigenvalue weighted by Crippen LogP contribution is 2.43. The van der Waals surface area contributed by atoms with Crippen molar-refractivity contribution in [2.45, 2.75) is 5.54 Å². The third kappa shape index (κ3) is 3.48. The first-order chi connectivity index (χ1) is 14.9. The number of imide groups is 1. The lowest BCUT2D eigenvalue weighted by molar-refractivity contribution is -0.138. The average Bonchev–Trinajstić information content (AvgIpc) is 3.15. The van der Waals surface area contributed by atoms with Crippen LogP contribution in [0.4, 0.5) is 10.5 Å². The second kappa shape index (κ2) is 8.34. The van der Waals surface area contributed by atoms with Crippen molar-refractivity contribution in [2.24, 2.45) is 0 Å². The van der Waals surface area contributed by atoms with Crippen molar-refractivity contribution in [1.29, 1.82) is 0 Å². The lowest BCUT2D eigenvalue weighted by Crippen LogP contribution is -2.52. The zero-order valence-electron chi connectivity index (χ0n) is 16.6. The van der Waals surface area contributed by atoms with Crippen molar-refractivity contribution in [2.75, 3.05) is 31.7 Å². The number of rotatable bonds is 6. The van der Waals surface area contributed by atoms with Crippen LogP contribution < -0.4 is 10.2 Å². The lowest BCUT2D eigenvalue weighted by Gasteiger charge is -2.21. The van der Waals surface area contributed by atoms with Gasteiger partial charge in [0.2, 0.25) is 5.54 Å². The molecule has 7 nitrogen and oxygen atoms in total. The molecule has 2 aliphatic heterocycles. The van der Waals surface area contributed by atoms with E-state index in [-0.39, 0.29) is 19.7 Å². The number of hydrogen-bond donors (Lipinski definition) is 1. The van der Waals surface area contributed by atoms with Gasteiger partial charge < -0.3 is 15.0 Å². The monoisotopic (exact) mass is 459 g/mol. The van der Waals surface area contributed by atoms with E-state index in [1.54, 1.807) is 48.5 Å². The molecule has 0 saturated carbocycles. The normalized spacial score (nSPS) is 20.3. The summed E-state index contributed by atoms with van der Waals surface area (Å²) >= 11 is 12.0. The van der Waals surface area contributed by atoms with Gasteiger partial charge in [-0.2, -0.15) is 0 Å². The molecule has 1 fully saturated rings. The van der Waals surface area contributed by atoms with Gasteiger partial charge in [0.15, 0.2) is 0 Å². The highest BCUT2D eigenvalue weighted by Gasteiger charge is 2.63. The first kappa shape index (κ1) is 21.4. The SMILES string of the molecule is COCCN1C(=O)NC2(C1=O)C(=O)N(CC=Cc1ccc(Cl)c(Cl)c1)c1ccccc12. The highest BCUT2D eigenvalue weighted by molar-refractivity contribution is 6.42. The number of para-hydroxylation sites is 1. The summed E-state index contributed by atoms with van der Waals surface area (Å²) in [6.07, 6.45) is 3.60. The summed E-state index contributed by atoms with van der Waals surface area (Å²) in [6, 6.07) is 11.6. The zero-order chi connectivity index (χ0) is 22.2. The number of nitrogens with zero attached hydrogens (tertiary/aromatic N) is 2. The molecule has 1 N–H and O–H groups in total. The maximum absolute atomic E-state index is 13.5. The molecule has 0 aliphatic carbocycles. The van der Waals surface area contributed by atoms with Crippen LogP contribution in [0, 0.1) is 0 Å². The number of amides is 4. The zero-order valence-corrected chi connectivity index (χ0v) is 18.1. The molecule has 0 aromatic heterocycles. The molecule has 1 spiro atoms. The number of ether oxygens (including phenoxy) is 1. The minimum Gasteiger partial charge on any atom is -0.383 e. The molecule has 1 unspecified atom stereocenters. The Hall–Kier alpha value is -2.87. The fourth-order valence-corrected chi connectivity index (χ4v) is 4.14. The summed E-state index contributed by atoms with van der Waals surface area (Å²) in [5, 5.41) is 3.52. The number of anilines is 1. The van der Waals surface area contributed by atoms with Gasteiger partial charge in [0.1, 0.15) is 0 Å². The van der Waals surface area contributed by atoms with E-state index < -0.39 is 23.4 Å². The predicted molar refractivity (Wildman–Crippen MR) is 118 cm³/mol. The number of fused-ring (bicyclic) bond motifs is 2. The van der Waals surface area contributed by atoms with Gasteiger partial charge in [-0.25, -0.2) is 4.79 Å². The Morgan fingerprint density at radius 1 is 1.03 bits per heavy atom. The molecule has 1 atom stereocenters. The van der Waals surface area contributed by atoms with Gasteiger partial charge >= 0.3 is 6.03 Å². The second-order valence-electron chi connectivity index (χ2n) is 7.14. The Labute approximate surface area is 189 Å². The maximum Gasteiger partial charge on any atom is 0.325 e. The summed E-state index contributed by atoms with van der Waals surface area (Å²) < 4.78 is 4.98. The molecule has 160 valence electrons. The van der Waals surface area contributed by atoms with Gasteiger partial charge in [0, 0.05) is 19.2 Å². The van der Waals surface area contributed by atoms with Crippen LogP contribution >= 0.6 is 23.2 Å². The quantitative estimate of drug-likeness (QED) is 0.529. The van der Waals surface area contributed by atoms with E-state index in [9.17, 15) is 14.4 Å². The van der Waals surface area contributed by atoms with E-state index in [1.165, 1.54) is 12.0 Å². The molecule has 2 heterocycles. The lowest BCUT2D eigenvalue weighted by atomic mass is 9.91. The summed E-state index contributed by atoms with van der Waals surface area (Å²) in [4.78, 5) is 41.7. The van der Waals surface area contributed by atoms with Crippen molar-refractivity contribution in [3.63, 3.8) is 0 Å². The summed E-state index contributed by atoms with van der Waals surface area (Å²) in [5.41, 5.74) is 0.105. The molecule has 0 radical (unpaired) electrons. The van der Waals surface area contributed by atoms with Crippen LogP contribution in [0.3, 0.4) is 0 Å². The Morgan fingerprint density at radius 3 is 2.52 bits per heavy atom. The summed E-state index contributed by atoms with van der Waals surface area (Å²) in [5.74, 6) is -1.09. The number of benzene rings is 2. The largest absolute Gasteiger partial charge is 0.383 e. The molecule has 4 rings (SSSR count). The van der Waals surface area contributed by atoms with Crippen LogP contribution in [-0.4, -0.2) is 49.6 Å².